The first-order chi connectivity index (χ1) is 14.5. The van der Waals surface area contributed by atoms with Crippen LogP contribution in [0.5, 0.6) is 0 Å². The Bertz CT molecular complexity index is 1010. The lowest BCUT2D eigenvalue weighted by Gasteiger charge is -2.52. The van der Waals surface area contributed by atoms with Gasteiger partial charge in [0.1, 0.15) is 6.04 Å². The molecular formula is C24H25N3O3. The molecule has 1 N–H and O–H groups in total. The van der Waals surface area contributed by atoms with Crippen molar-refractivity contribution in [2.45, 2.75) is 30.8 Å². The van der Waals surface area contributed by atoms with Crippen molar-refractivity contribution in [3.05, 3.63) is 59.7 Å². The largest absolute Gasteiger partial charge is 0.394 e. The van der Waals surface area contributed by atoms with E-state index in [1.807, 2.05) is 36.4 Å². The Morgan fingerprint density at radius 3 is 2.37 bits per heavy atom. The Morgan fingerprint density at radius 2 is 1.80 bits per heavy atom. The predicted octanol–water partition coefficient (Wildman–Crippen LogP) is 2.64. The van der Waals surface area contributed by atoms with Crippen molar-refractivity contribution in [3.63, 3.8) is 0 Å². The fourth-order valence-corrected chi connectivity index (χ4v) is 4.33. The molecule has 2 aromatic carbocycles. The van der Waals surface area contributed by atoms with Gasteiger partial charge in [-0.05, 0) is 41.7 Å². The summed E-state index contributed by atoms with van der Waals surface area (Å²) >= 11 is 0. The van der Waals surface area contributed by atoms with Crippen LogP contribution in [0.3, 0.4) is 0 Å². The maximum absolute atomic E-state index is 12.6. The van der Waals surface area contributed by atoms with E-state index in [9.17, 15) is 20.0 Å². The molecule has 1 aliphatic heterocycles. The number of aliphatic hydroxyl groups is 1. The number of likely N-dealkylation sites (tertiary alicyclic amines) is 1. The standard InChI is InChI=1S/C24H25N3O3/c1-26(2)23(29)16-9-7-15(8-10-16)18-5-3-4-6-19(18)22-20(13-25)27(21(22)14-28)24(30)17-11-12-17/h3-10,17,20-22,28H,11-12,14H2,1-2H3/t20-,21+,22-/m0/s1. The molecule has 1 heterocycles. The highest BCUT2D eigenvalue weighted by Crippen LogP contribution is 2.46. The van der Waals surface area contributed by atoms with Gasteiger partial charge in [0.15, 0.2) is 0 Å². The van der Waals surface area contributed by atoms with Gasteiger partial charge < -0.3 is 14.9 Å². The molecule has 0 radical (unpaired) electrons. The Hall–Kier alpha value is -3.17. The van der Waals surface area contributed by atoms with Crippen LogP contribution in [0.4, 0.5) is 0 Å². The second kappa shape index (κ2) is 7.92. The summed E-state index contributed by atoms with van der Waals surface area (Å²) in [6.45, 7) is -0.175. The summed E-state index contributed by atoms with van der Waals surface area (Å²) in [5, 5.41) is 19.8. The fourth-order valence-electron chi connectivity index (χ4n) is 4.33. The average molecular weight is 403 g/mol. The molecule has 0 unspecified atom stereocenters. The van der Waals surface area contributed by atoms with Crippen molar-refractivity contribution in [2.75, 3.05) is 20.7 Å². The van der Waals surface area contributed by atoms with E-state index in [1.165, 1.54) is 4.90 Å². The van der Waals surface area contributed by atoms with Gasteiger partial charge in [-0.1, -0.05) is 36.4 Å². The van der Waals surface area contributed by atoms with E-state index in [1.54, 1.807) is 31.1 Å². The number of carbonyl (C=O) groups excluding carboxylic acids is 2. The van der Waals surface area contributed by atoms with Crippen molar-refractivity contribution in [1.82, 2.24) is 9.80 Å². The Morgan fingerprint density at radius 1 is 1.13 bits per heavy atom. The van der Waals surface area contributed by atoms with Gasteiger partial charge >= 0.3 is 0 Å². The van der Waals surface area contributed by atoms with E-state index < -0.39 is 12.1 Å². The molecular weight excluding hydrogens is 378 g/mol. The summed E-state index contributed by atoms with van der Waals surface area (Å²) in [5.41, 5.74) is 3.42. The van der Waals surface area contributed by atoms with Crippen LogP contribution in [0, 0.1) is 17.2 Å². The molecule has 0 spiro atoms. The lowest BCUT2D eigenvalue weighted by Crippen LogP contribution is -2.65. The average Bonchev–Trinajstić information content (AvgIpc) is 3.59. The topological polar surface area (TPSA) is 84.6 Å². The van der Waals surface area contributed by atoms with E-state index in [2.05, 4.69) is 6.07 Å². The molecule has 2 aliphatic rings. The van der Waals surface area contributed by atoms with Gasteiger partial charge in [-0.15, -0.1) is 0 Å². The molecule has 4 rings (SSSR count). The molecule has 3 atom stereocenters. The molecule has 1 saturated carbocycles. The quantitative estimate of drug-likeness (QED) is 0.832. The number of rotatable bonds is 5. The van der Waals surface area contributed by atoms with E-state index in [0.717, 1.165) is 29.5 Å². The lowest BCUT2D eigenvalue weighted by atomic mass is 9.73. The normalized spacial score (nSPS) is 22.7. The highest BCUT2D eigenvalue weighted by molar-refractivity contribution is 5.94. The number of nitrogens with zero attached hydrogens (tertiary/aromatic N) is 3. The molecule has 2 fully saturated rings. The van der Waals surface area contributed by atoms with Crippen LogP contribution in [0.25, 0.3) is 11.1 Å². The molecule has 30 heavy (non-hydrogen) atoms. The van der Waals surface area contributed by atoms with Crippen molar-refractivity contribution < 1.29 is 14.7 Å². The number of nitriles is 1. The van der Waals surface area contributed by atoms with Gasteiger partial charge in [-0.2, -0.15) is 5.26 Å². The van der Waals surface area contributed by atoms with Crippen LogP contribution in [-0.4, -0.2) is 59.5 Å². The highest BCUT2D eigenvalue weighted by Gasteiger charge is 2.54. The number of amides is 2. The second-order valence-corrected chi connectivity index (χ2v) is 8.23. The maximum atomic E-state index is 12.6. The molecule has 1 saturated heterocycles. The fraction of sp³-hybridized carbons (Fsp3) is 0.375. The smallest absolute Gasteiger partial charge is 0.253 e. The number of benzene rings is 2. The Kier molecular flexibility index (Phi) is 5.31. The van der Waals surface area contributed by atoms with Crippen molar-refractivity contribution in [1.29, 1.82) is 5.26 Å². The molecule has 0 aromatic heterocycles. The summed E-state index contributed by atoms with van der Waals surface area (Å²) in [5.74, 6) is -0.316. The van der Waals surface area contributed by atoms with E-state index in [-0.39, 0.29) is 30.3 Å². The predicted molar refractivity (Wildman–Crippen MR) is 112 cm³/mol. The van der Waals surface area contributed by atoms with Gasteiger partial charge in [0.25, 0.3) is 5.91 Å². The Labute approximate surface area is 176 Å². The number of aliphatic hydroxyl groups excluding tert-OH is 1. The van der Waals surface area contributed by atoms with E-state index in [0.29, 0.717) is 5.56 Å². The maximum Gasteiger partial charge on any atom is 0.253 e. The molecule has 6 heteroatoms. The molecule has 6 nitrogen and oxygen atoms in total. The third kappa shape index (κ3) is 3.35. The van der Waals surface area contributed by atoms with Crippen LogP contribution in [0.2, 0.25) is 0 Å². The number of hydrogen-bond acceptors (Lipinski definition) is 4. The first kappa shape index (κ1) is 20.1. The third-order valence-corrected chi connectivity index (χ3v) is 6.08. The van der Waals surface area contributed by atoms with Crippen molar-refractivity contribution >= 4 is 11.8 Å². The second-order valence-electron chi connectivity index (χ2n) is 8.23. The van der Waals surface area contributed by atoms with Gasteiger partial charge in [0.05, 0.1) is 18.7 Å². The molecule has 2 amide bonds. The minimum Gasteiger partial charge on any atom is -0.394 e. The summed E-state index contributed by atoms with van der Waals surface area (Å²) < 4.78 is 0. The zero-order valence-corrected chi connectivity index (χ0v) is 17.2. The van der Waals surface area contributed by atoms with Gasteiger partial charge in [-0.3, -0.25) is 9.59 Å². The van der Waals surface area contributed by atoms with Crippen molar-refractivity contribution in [3.8, 4) is 17.2 Å². The third-order valence-electron chi connectivity index (χ3n) is 6.08. The zero-order chi connectivity index (χ0) is 21.4. The minimum atomic E-state index is -0.578. The summed E-state index contributed by atoms with van der Waals surface area (Å²) in [6.07, 6.45) is 1.73. The van der Waals surface area contributed by atoms with Crippen LogP contribution in [-0.2, 0) is 4.79 Å². The highest BCUT2D eigenvalue weighted by atomic mass is 16.3. The number of hydrogen-bond donors (Lipinski definition) is 1. The van der Waals surface area contributed by atoms with E-state index in [4.69, 9.17) is 0 Å². The van der Waals surface area contributed by atoms with Gasteiger partial charge in [-0.25, -0.2) is 0 Å². The van der Waals surface area contributed by atoms with Gasteiger partial charge in [0.2, 0.25) is 5.91 Å². The minimum absolute atomic E-state index is 0.00729. The van der Waals surface area contributed by atoms with Gasteiger partial charge in [0, 0.05) is 31.5 Å². The monoisotopic (exact) mass is 403 g/mol. The van der Waals surface area contributed by atoms with Crippen molar-refractivity contribution in [2.24, 2.45) is 5.92 Å². The molecule has 0 bridgehead atoms. The first-order valence-corrected chi connectivity index (χ1v) is 10.2. The SMILES string of the molecule is CN(C)C(=O)c1ccc(-c2ccccc2[C@@H]2[C@@H](CO)N(C(=O)C3CC3)[C@H]2C#N)cc1. The molecule has 154 valence electrons. The van der Waals surface area contributed by atoms with E-state index >= 15 is 0 Å². The zero-order valence-electron chi connectivity index (χ0n) is 17.2. The van der Waals surface area contributed by atoms with Crippen LogP contribution >= 0.6 is 0 Å². The first-order valence-electron chi connectivity index (χ1n) is 10.2. The van der Waals surface area contributed by atoms with Crippen LogP contribution < -0.4 is 0 Å². The van der Waals surface area contributed by atoms with Crippen LogP contribution in [0.15, 0.2) is 48.5 Å². The summed E-state index contributed by atoms with van der Waals surface area (Å²) in [7, 11) is 3.43. The summed E-state index contributed by atoms with van der Waals surface area (Å²) in [4.78, 5) is 27.9. The van der Waals surface area contributed by atoms with Crippen LogP contribution in [0.1, 0.15) is 34.7 Å². The number of carbonyl (C=O) groups is 2. The molecule has 2 aromatic rings. The lowest BCUT2D eigenvalue weighted by molar-refractivity contribution is -0.148. The Balaban J connectivity index is 1.67. The molecule has 1 aliphatic carbocycles. The summed E-state index contributed by atoms with van der Waals surface area (Å²) in [6, 6.07) is 16.5.